The van der Waals surface area contributed by atoms with E-state index in [4.69, 9.17) is 14.3 Å². The first-order valence-corrected chi connectivity index (χ1v) is 5.24. The van der Waals surface area contributed by atoms with E-state index in [-0.39, 0.29) is 6.61 Å². The molecule has 1 aromatic rings. The zero-order valence-corrected chi connectivity index (χ0v) is 8.85. The molecule has 5 heteroatoms. The molecule has 15 heavy (non-hydrogen) atoms. The Morgan fingerprint density at radius 2 is 2.53 bits per heavy atom. The Morgan fingerprint density at radius 1 is 1.67 bits per heavy atom. The third kappa shape index (κ3) is 2.13. The van der Waals surface area contributed by atoms with Crippen LogP contribution in [-0.2, 0) is 11.3 Å². The predicted molar refractivity (Wildman–Crippen MR) is 54.7 cm³/mol. The maximum Gasteiger partial charge on any atom is 0.297 e. The van der Waals surface area contributed by atoms with Crippen LogP contribution in [0.25, 0.3) is 0 Å². The van der Waals surface area contributed by atoms with Crippen LogP contribution in [0.5, 0.6) is 0 Å². The molecule has 1 aliphatic heterocycles. The fraction of sp³-hybridized carbons (Fsp3) is 0.700. The SMILES string of the molecule is CCC1COCCN1c1nc(CO)co1. The number of aliphatic hydroxyl groups is 1. The van der Waals surface area contributed by atoms with Gasteiger partial charge in [0.05, 0.1) is 25.9 Å². The Balaban J connectivity index is 2.12. The van der Waals surface area contributed by atoms with E-state index < -0.39 is 0 Å². The first-order valence-electron chi connectivity index (χ1n) is 5.24. The second-order valence-corrected chi connectivity index (χ2v) is 3.61. The van der Waals surface area contributed by atoms with Crippen molar-refractivity contribution in [3.8, 4) is 0 Å². The molecule has 0 saturated carbocycles. The number of hydrogen-bond donors (Lipinski definition) is 1. The molecule has 1 unspecified atom stereocenters. The molecule has 1 fully saturated rings. The van der Waals surface area contributed by atoms with Crippen molar-refractivity contribution in [3.05, 3.63) is 12.0 Å². The summed E-state index contributed by atoms with van der Waals surface area (Å²) in [5.41, 5.74) is 0.575. The average Bonchev–Trinajstić information content (AvgIpc) is 2.77. The highest BCUT2D eigenvalue weighted by Crippen LogP contribution is 2.20. The zero-order valence-electron chi connectivity index (χ0n) is 8.85. The van der Waals surface area contributed by atoms with E-state index in [2.05, 4.69) is 16.8 Å². The number of morpholine rings is 1. The van der Waals surface area contributed by atoms with Crippen LogP contribution < -0.4 is 4.90 Å². The van der Waals surface area contributed by atoms with Gasteiger partial charge in [-0.2, -0.15) is 4.98 Å². The quantitative estimate of drug-likeness (QED) is 0.802. The number of aliphatic hydroxyl groups excluding tert-OH is 1. The number of ether oxygens (including phenoxy) is 1. The van der Waals surface area contributed by atoms with Gasteiger partial charge in [-0.15, -0.1) is 0 Å². The van der Waals surface area contributed by atoms with Crippen molar-refractivity contribution in [2.24, 2.45) is 0 Å². The molecule has 1 aliphatic rings. The lowest BCUT2D eigenvalue weighted by molar-refractivity contribution is 0.0901. The molecule has 5 nitrogen and oxygen atoms in total. The summed E-state index contributed by atoms with van der Waals surface area (Å²) < 4.78 is 10.7. The van der Waals surface area contributed by atoms with Gasteiger partial charge in [0.2, 0.25) is 0 Å². The summed E-state index contributed by atoms with van der Waals surface area (Å²) in [5.74, 6) is 0. The standard InChI is InChI=1S/C10H16N2O3/c1-2-9-7-14-4-3-12(9)10-11-8(5-13)6-15-10/h6,9,13H,2-5,7H2,1H3. The van der Waals surface area contributed by atoms with E-state index in [0.717, 1.165) is 13.0 Å². The number of hydrogen-bond acceptors (Lipinski definition) is 5. The molecule has 0 aliphatic carbocycles. The van der Waals surface area contributed by atoms with Crippen molar-refractivity contribution in [1.82, 2.24) is 4.98 Å². The van der Waals surface area contributed by atoms with E-state index in [0.29, 0.717) is 31.0 Å². The van der Waals surface area contributed by atoms with Crippen LogP contribution in [0, 0.1) is 0 Å². The molecule has 1 N–H and O–H groups in total. The summed E-state index contributed by atoms with van der Waals surface area (Å²) in [6, 6.07) is 0.915. The highest BCUT2D eigenvalue weighted by Gasteiger charge is 2.25. The van der Waals surface area contributed by atoms with E-state index in [1.807, 2.05) is 0 Å². The molecular formula is C10H16N2O3. The predicted octanol–water partition coefficient (Wildman–Crippen LogP) is 0.782. The van der Waals surface area contributed by atoms with Crippen molar-refractivity contribution in [2.75, 3.05) is 24.7 Å². The minimum atomic E-state index is -0.0787. The number of oxazole rings is 1. The number of rotatable bonds is 3. The third-order valence-electron chi connectivity index (χ3n) is 2.65. The lowest BCUT2D eigenvalue weighted by Gasteiger charge is -2.33. The summed E-state index contributed by atoms with van der Waals surface area (Å²) in [6.07, 6.45) is 2.49. The first-order chi connectivity index (χ1) is 7.35. The lowest BCUT2D eigenvalue weighted by Crippen LogP contribution is -2.45. The number of aromatic nitrogens is 1. The Hall–Kier alpha value is -1.07. The average molecular weight is 212 g/mol. The Labute approximate surface area is 88.7 Å². The molecule has 1 atom stereocenters. The summed E-state index contributed by atoms with van der Waals surface area (Å²) in [7, 11) is 0. The summed E-state index contributed by atoms with van der Waals surface area (Å²) in [6.45, 7) is 4.25. The molecule has 0 amide bonds. The highest BCUT2D eigenvalue weighted by molar-refractivity contribution is 5.29. The van der Waals surface area contributed by atoms with Crippen LogP contribution >= 0.6 is 0 Å². The molecule has 2 heterocycles. The van der Waals surface area contributed by atoms with Crippen molar-refractivity contribution >= 4 is 6.01 Å². The highest BCUT2D eigenvalue weighted by atomic mass is 16.5. The molecule has 0 radical (unpaired) electrons. The third-order valence-corrected chi connectivity index (χ3v) is 2.65. The first kappa shape index (κ1) is 10.4. The second-order valence-electron chi connectivity index (χ2n) is 3.61. The monoisotopic (exact) mass is 212 g/mol. The van der Waals surface area contributed by atoms with E-state index in [9.17, 15) is 0 Å². The van der Waals surface area contributed by atoms with Crippen LogP contribution in [0.1, 0.15) is 19.0 Å². The van der Waals surface area contributed by atoms with Crippen LogP contribution in [0.4, 0.5) is 6.01 Å². The van der Waals surface area contributed by atoms with Gasteiger partial charge in [0.15, 0.2) is 0 Å². The van der Waals surface area contributed by atoms with Crippen molar-refractivity contribution in [1.29, 1.82) is 0 Å². The molecule has 84 valence electrons. The van der Waals surface area contributed by atoms with Gasteiger partial charge in [-0.3, -0.25) is 0 Å². The fourth-order valence-corrected chi connectivity index (χ4v) is 1.75. The number of nitrogens with zero attached hydrogens (tertiary/aromatic N) is 2. The van der Waals surface area contributed by atoms with Gasteiger partial charge in [-0.05, 0) is 6.42 Å². The van der Waals surface area contributed by atoms with Crippen LogP contribution in [-0.4, -0.2) is 35.9 Å². The van der Waals surface area contributed by atoms with Gasteiger partial charge in [0.1, 0.15) is 12.0 Å². The van der Waals surface area contributed by atoms with Gasteiger partial charge >= 0.3 is 0 Å². The summed E-state index contributed by atoms with van der Waals surface area (Å²) >= 11 is 0. The van der Waals surface area contributed by atoms with Crippen LogP contribution in [0.15, 0.2) is 10.7 Å². The maximum absolute atomic E-state index is 8.91. The van der Waals surface area contributed by atoms with Gasteiger partial charge in [-0.25, -0.2) is 0 Å². The van der Waals surface area contributed by atoms with Crippen molar-refractivity contribution in [3.63, 3.8) is 0 Å². The van der Waals surface area contributed by atoms with Crippen molar-refractivity contribution in [2.45, 2.75) is 26.0 Å². The number of anilines is 1. The van der Waals surface area contributed by atoms with Crippen molar-refractivity contribution < 1.29 is 14.3 Å². The minimum Gasteiger partial charge on any atom is -0.432 e. The Bertz CT molecular complexity index is 313. The molecule has 0 bridgehead atoms. The Morgan fingerprint density at radius 3 is 3.20 bits per heavy atom. The smallest absolute Gasteiger partial charge is 0.297 e. The van der Waals surface area contributed by atoms with Gasteiger partial charge in [-0.1, -0.05) is 6.92 Å². The Kier molecular flexibility index (Phi) is 3.23. The molecular weight excluding hydrogens is 196 g/mol. The molecule has 1 aromatic heterocycles. The largest absolute Gasteiger partial charge is 0.432 e. The van der Waals surface area contributed by atoms with E-state index in [1.54, 1.807) is 0 Å². The fourth-order valence-electron chi connectivity index (χ4n) is 1.75. The van der Waals surface area contributed by atoms with Crippen LogP contribution in [0.3, 0.4) is 0 Å². The molecule has 0 aromatic carbocycles. The summed E-state index contributed by atoms with van der Waals surface area (Å²) in [4.78, 5) is 6.30. The molecule has 2 rings (SSSR count). The minimum absolute atomic E-state index is 0.0787. The molecule has 1 saturated heterocycles. The zero-order chi connectivity index (χ0) is 10.7. The lowest BCUT2D eigenvalue weighted by atomic mass is 10.2. The molecule has 0 spiro atoms. The summed E-state index contributed by atoms with van der Waals surface area (Å²) in [5, 5.41) is 8.91. The maximum atomic E-state index is 8.91. The van der Waals surface area contributed by atoms with E-state index >= 15 is 0 Å². The van der Waals surface area contributed by atoms with Gasteiger partial charge in [0, 0.05) is 6.54 Å². The topological polar surface area (TPSA) is 58.7 Å². The van der Waals surface area contributed by atoms with E-state index in [1.165, 1.54) is 6.26 Å². The second kappa shape index (κ2) is 4.63. The van der Waals surface area contributed by atoms with Crippen LogP contribution in [0.2, 0.25) is 0 Å². The van der Waals surface area contributed by atoms with Gasteiger partial charge in [0.25, 0.3) is 6.01 Å². The normalized spacial score (nSPS) is 22.0. The van der Waals surface area contributed by atoms with Gasteiger partial charge < -0.3 is 19.2 Å².